The van der Waals surface area contributed by atoms with E-state index in [-0.39, 0.29) is 5.56 Å². The zero-order chi connectivity index (χ0) is 14.6. The van der Waals surface area contributed by atoms with Crippen molar-refractivity contribution in [1.29, 1.82) is 0 Å². The molecule has 0 saturated carbocycles. The molecule has 0 amide bonds. The predicted octanol–water partition coefficient (Wildman–Crippen LogP) is 5.08. The first-order chi connectivity index (χ1) is 8.77. The second kappa shape index (κ2) is 6.57. The summed E-state index contributed by atoms with van der Waals surface area (Å²) in [6.45, 7) is 1.99. The van der Waals surface area contributed by atoms with Crippen molar-refractivity contribution >= 4 is 11.6 Å². The van der Waals surface area contributed by atoms with Crippen molar-refractivity contribution in [3.63, 3.8) is 0 Å². The lowest BCUT2D eigenvalue weighted by atomic mass is 9.98. The Bertz CT molecular complexity index is 431. The first-order valence-corrected chi connectivity index (χ1v) is 6.46. The van der Waals surface area contributed by atoms with Crippen LogP contribution in [0.1, 0.15) is 49.8 Å². The van der Waals surface area contributed by atoms with Crippen molar-refractivity contribution in [1.82, 2.24) is 0 Å². The second-order valence-corrected chi connectivity index (χ2v) is 4.87. The Morgan fingerprint density at radius 3 is 2.42 bits per heavy atom. The molecule has 1 aromatic rings. The van der Waals surface area contributed by atoms with E-state index in [0.29, 0.717) is 12.5 Å². The zero-order valence-corrected chi connectivity index (χ0v) is 11.3. The fourth-order valence-corrected chi connectivity index (χ4v) is 2.04. The summed E-state index contributed by atoms with van der Waals surface area (Å²) in [5.41, 5.74) is 4.61. The average Bonchev–Trinajstić information content (AvgIpc) is 2.31. The maximum absolute atomic E-state index is 13.8. The highest BCUT2D eigenvalue weighted by molar-refractivity contribution is 6.30. The quantitative estimate of drug-likeness (QED) is 0.595. The van der Waals surface area contributed by atoms with E-state index in [1.807, 2.05) is 6.92 Å². The zero-order valence-electron chi connectivity index (χ0n) is 10.5. The molecule has 1 nitrogen and oxygen atoms in total. The minimum Gasteiger partial charge on any atom is -0.324 e. The molecule has 0 aliphatic heterocycles. The lowest BCUT2D eigenvalue weighted by Gasteiger charge is -2.16. The van der Waals surface area contributed by atoms with Gasteiger partial charge in [-0.1, -0.05) is 37.8 Å². The van der Waals surface area contributed by atoms with E-state index < -0.39 is 28.6 Å². The summed E-state index contributed by atoms with van der Waals surface area (Å²) in [5.74, 6) is -0.862. The lowest BCUT2D eigenvalue weighted by Crippen LogP contribution is -2.15. The molecule has 1 aromatic carbocycles. The van der Waals surface area contributed by atoms with Gasteiger partial charge in [0.1, 0.15) is 5.82 Å². The smallest absolute Gasteiger partial charge is 0.324 e. The summed E-state index contributed by atoms with van der Waals surface area (Å²) in [6, 6.07) is 0.558. The maximum Gasteiger partial charge on any atom is 0.416 e. The molecule has 0 aliphatic rings. The van der Waals surface area contributed by atoms with E-state index >= 15 is 0 Å². The van der Waals surface area contributed by atoms with Gasteiger partial charge < -0.3 is 5.73 Å². The molecule has 108 valence electrons. The Labute approximate surface area is 114 Å². The summed E-state index contributed by atoms with van der Waals surface area (Å²) >= 11 is 5.50. The number of halogens is 5. The highest BCUT2D eigenvalue weighted by atomic mass is 35.5. The normalized spacial score (nSPS) is 13.6. The van der Waals surface area contributed by atoms with Crippen LogP contribution >= 0.6 is 11.6 Å². The molecule has 1 atom stereocenters. The Hall–Kier alpha value is -0.810. The molecule has 1 rings (SSSR count). The summed E-state index contributed by atoms with van der Waals surface area (Å²) < 4.78 is 51.6. The second-order valence-electron chi connectivity index (χ2n) is 4.46. The van der Waals surface area contributed by atoms with Crippen LogP contribution in [-0.4, -0.2) is 0 Å². The van der Waals surface area contributed by atoms with Gasteiger partial charge >= 0.3 is 6.18 Å². The van der Waals surface area contributed by atoms with Crippen LogP contribution < -0.4 is 5.73 Å². The van der Waals surface area contributed by atoms with Crippen LogP contribution in [0.2, 0.25) is 5.02 Å². The Balaban J connectivity index is 3.02. The molecule has 0 heterocycles. The minimum absolute atomic E-state index is 0.170. The number of alkyl halides is 3. The van der Waals surface area contributed by atoms with Gasteiger partial charge in [0.15, 0.2) is 0 Å². The van der Waals surface area contributed by atoms with Gasteiger partial charge in [0, 0.05) is 11.6 Å². The molecule has 0 aliphatic carbocycles. The van der Waals surface area contributed by atoms with Crippen LogP contribution in [0.5, 0.6) is 0 Å². The Kier molecular flexibility index (Phi) is 5.62. The van der Waals surface area contributed by atoms with Crippen LogP contribution in [0.3, 0.4) is 0 Å². The fraction of sp³-hybridized carbons (Fsp3) is 0.538. The van der Waals surface area contributed by atoms with E-state index in [1.165, 1.54) is 0 Å². The van der Waals surface area contributed by atoms with E-state index in [0.717, 1.165) is 25.3 Å². The molecule has 6 heteroatoms. The van der Waals surface area contributed by atoms with Gasteiger partial charge in [-0.05, 0) is 18.6 Å². The van der Waals surface area contributed by atoms with Crippen molar-refractivity contribution in [2.45, 2.75) is 44.8 Å². The van der Waals surface area contributed by atoms with Crippen LogP contribution in [0.15, 0.2) is 12.1 Å². The van der Waals surface area contributed by atoms with Crippen LogP contribution in [-0.2, 0) is 6.18 Å². The van der Waals surface area contributed by atoms with Gasteiger partial charge in [0.25, 0.3) is 0 Å². The monoisotopic (exact) mass is 297 g/mol. The molecule has 0 saturated heterocycles. The maximum atomic E-state index is 13.8. The van der Waals surface area contributed by atoms with E-state index in [9.17, 15) is 17.6 Å². The molecule has 19 heavy (non-hydrogen) atoms. The standard InChI is InChI=1S/C13H16ClF4N/c1-2-3-4-5-11(19)9-6-8(13(16,17)18)7-10(14)12(9)15/h6-7,11H,2-5,19H2,1H3/t11-/m0/s1. The van der Waals surface area contributed by atoms with E-state index in [4.69, 9.17) is 17.3 Å². The lowest BCUT2D eigenvalue weighted by molar-refractivity contribution is -0.137. The number of hydrogen-bond donors (Lipinski definition) is 1. The summed E-state index contributed by atoms with van der Waals surface area (Å²) in [6.07, 6.45) is -1.52. The van der Waals surface area contributed by atoms with Crippen molar-refractivity contribution in [2.24, 2.45) is 5.73 Å². The van der Waals surface area contributed by atoms with Crippen molar-refractivity contribution in [3.05, 3.63) is 34.1 Å². The van der Waals surface area contributed by atoms with Crippen molar-refractivity contribution in [3.8, 4) is 0 Å². The summed E-state index contributed by atoms with van der Waals surface area (Å²) in [4.78, 5) is 0. The molecular formula is C13H16ClF4N. The van der Waals surface area contributed by atoms with Gasteiger partial charge in [0.2, 0.25) is 0 Å². The number of unbranched alkanes of at least 4 members (excludes halogenated alkanes) is 2. The first-order valence-electron chi connectivity index (χ1n) is 6.09. The average molecular weight is 298 g/mol. The predicted molar refractivity (Wildman–Crippen MR) is 67.5 cm³/mol. The summed E-state index contributed by atoms with van der Waals surface area (Å²) in [5, 5.41) is -0.546. The molecule has 0 radical (unpaired) electrons. The molecule has 0 fully saturated rings. The number of nitrogens with two attached hydrogens (primary N) is 1. The van der Waals surface area contributed by atoms with Gasteiger partial charge in [-0.15, -0.1) is 0 Å². The molecule has 0 spiro atoms. The SMILES string of the molecule is CCCCC[C@H](N)c1cc(C(F)(F)F)cc(Cl)c1F. The largest absolute Gasteiger partial charge is 0.416 e. The Morgan fingerprint density at radius 2 is 1.89 bits per heavy atom. The topological polar surface area (TPSA) is 26.0 Å². The number of hydrogen-bond acceptors (Lipinski definition) is 1. The van der Waals surface area contributed by atoms with Gasteiger partial charge in [0.05, 0.1) is 10.6 Å². The van der Waals surface area contributed by atoms with Crippen LogP contribution in [0.25, 0.3) is 0 Å². The third-order valence-corrected chi connectivity index (χ3v) is 3.18. The molecule has 0 aromatic heterocycles. The van der Waals surface area contributed by atoms with Crippen LogP contribution in [0, 0.1) is 5.82 Å². The molecule has 0 bridgehead atoms. The highest BCUT2D eigenvalue weighted by Gasteiger charge is 2.32. The van der Waals surface area contributed by atoms with Crippen molar-refractivity contribution in [2.75, 3.05) is 0 Å². The highest BCUT2D eigenvalue weighted by Crippen LogP contribution is 2.35. The fourth-order valence-electron chi connectivity index (χ4n) is 1.81. The van der Waals surface area contributed by atoms with Gasteiger partial charge in [-0.3, -0.25) is 0 Å². The first kappa shape index (κ1) is 16.2. The minimum atomic E-state index is -4.56. The van der Waals surface area contributed by atoms with Gasteiger partial charge in [-0.25, -0.2) is 4.39 Å². The number of rotatable bonds is 5. The number of benzene rings is 1. The molecule has 0 unspecified atom stereocenters. The van der Waals surface area contributed by atoms with Crippen LogP contribution in [0.4, 0.5) is 17.6 Å². The molecular weight excluding hydrogens is 282 g/mol. The van der Waals surface area contributed by atoms with E-state index in [2.05, 4.69) is 0 Å². The third-order valence-electron chi connectivity index (χ3n) is 2.90. The summed E-state index contributed by atoms with van der Waals surface area (Å²) in [7, 11) is 0. The van der Waals surface area contributed by atoms with Gasteiger partial charge in [-0.2, -0.15) is 13.2 Å². The third kappa shape index (κ3) is 4.35. The molecule has 2 N–H and O–H groups in total. The van der Waals surface area contributed by atoms with E-state index in [1.54, 1.807) is 0 Å². The Morgan fingerprint density at radius 1 is 1.26 bits per heavy atom. The van der Waals surface area contributed by atoms with Crippen molar-refractivity contribution < 1.29 is 17.6 Å².